The topological polar surface area (TPSA) is 38.9 Å². The largest absolute Gasteiger partial charge is 0.423 e. The van der Waals surface area contributed by atoms with Crippen LogP contribution in [0.3, 0.4) is 0 Å². The van der Waals surface area contributed by atoms with Gasteiger partial charge in [0, 0.05) is 5.56 Å². The van der Waals surface area contributed by atoms with Gasteiger partial charge >= 0.3 is 0 Å². The molecule has 0 N–H and O–H groups in total. The van der Waals surface area contributed by atoms with Crippen molar-refractivity contribution in [2.45, 2.75) is 0 Å². The molecule has 0 aliphatic heterocycles. The van der Waals surface area contributed by atoms with Crippen LogP contribution in [0.4, 0.5) is 4.39 Å². The second kappa shape index (κ2) is 2.73. The van der Waals surface area contributed by atoms with Gasteiger partial charge in [-0.3, -0.25) is 0 Å². The van der Waals surface area contributed by atoms with Gasteiger partial charge in [0.1, 0.15) is 7.19 Å². The number of hydrogen-bond acceptors (Lipinski definition) is 3. The maximum Gasteiger partial charge on any atom is 0.247 e. The van der Waals surface area contributed by atoms with Gasteiger partial charge in [-0.15, -0.1) is 10.2 Å². The van der Waals surface area contributed by atoms with Gasteiger partial charge in [-0.1, -0.05) is 0 Å². The Balaban J connectivity index is 2.41. The average molecular weight is 165 g/mol. The lowest BCUT2D eigenvalue weighted by Gasteiger charge is -1.91. The van der Waals surface area contributed by atoms with Crippen LogP contribution in [0.5, 0.6) is 0 Å². The Morgan fingerprint density at radius 3 is 2.67 bits per heavy atom. The molecule has 0 unspecified atom stereocenters. The highest BCUT2D eigenvalue weighted by Crippen LogP contribution is 2.15. The summed E-state index contributed by atoms with van der Waals surface area (Å²) in [6.45, 7) is 0. The molecule has 0 amide bonds. The zero-order valence-corrected chi connectivity index (χ0v) is 5.99. The Morgan fingerprint density at radius 1 is 1.33 bits per heavy atom. The first-order valence-electron chi connectivity index (χ1n) is 3.82. The van der Waals surface area contributed by atoms with Gasteiger partial charge in [-0.05, 0) is 24.3 Å². The van der Waals surface area contributed by atoms with Crippen molar-refractivity contribution in [3.05, 3.63) is 36.5 Å². The van der Waals surface area contributed by atoms with Crippen molar-refractivity contribution in [1.82, 2.24) is 10.2 Å². The maximum atomic E-state index is 12.5. The molecule has 3 nitrogen and oxygen atoms in total. The SMILES string of the molecule is [2H]c1nnc(-c2ccc(F)cc2)o1. The van der Waals surface area contributed by atoms with Gasteiger partial charge in [0.25, 0.3) is 0 Å². The molecular weight excluding hydrogens is 159 g/mol. The Morgan fingerprint density at radius 2 is 2.08 bits per heavy atom. The molecule has 4 heteroatoms. The van der Waals surface area contributed by atoms with Crippen LogP contribution in [0, 0.1) is 5.82 Å². The lowest BCUT2D eigenvalue weighted by molar-refractivity contribution is 0.568. The van der Waals surface area contributed by atoms with Crippen molar-refractivity contribution in [2.75, 3.05) is 0 Å². The second-order valence-corrected chi connectivity index (χ2v) is 2.21. The van der Waals surface area contributed by atoms with Gasteiger partial charge in [0.15, 0.2) is 0 Å². The van der Waals surface area contributed by atoms with Gasteiger partial charge in [-0.2, -0.15) is 0 Å². The number of halogens is 1. The van der Waals surface area contributed by atoms with Crippen molar-refractivity contribution in [2.24, 2.45) is 0 Å². The van der Waals surface area contributed by atoms with Crippen LogP contribution in [0.1, 0.15) is 1.37 Å². The van der Waals surface area contributed by atoms with Crippen LogP contribution in [-0.4, -0.2) is 10.2 Å². The van der Waals surface area contributed by atoms with Crippen LogP contribution in [-0.2, 0) is 0 Å². The summed E-state index contributed by atoms with van der Waals surface area (Å²) in [5, 5.41) is 6.96. The van der Waals surface area contributed by atoms with Gasteiger partial charge < -0.3 is 4.42 Å². The van der Waals surface area contributed by atoms with Crippen LogP contribution in [0.25, 0.3) is 11.5 Å². The molecule has 0 aliphatic rings. The Bertz CT molecular complexity index is 412. The predicted molar refractivity (Wildman–Crippen MR) is 39.7 cm³/mol. The number of benzene rings is 1. The minimum absolute atomic E-state index is 0.227. The molecule has 0 spiro atoms. The summed E-state index contributed by atoms with van der Waals surface area (Å²) in [5.41, 5.74) is 0.604. The second-order valence-electron chi connectivity index (χ2n) is 2.21. The summed E-state index contributed by atoms with van der Waals surface area (Å²) in [6, 6.07) is 5.62. The predicted octanol–water partition coefficient (Wildman–Crippen LogP) is 1.88. The summed E-state index contributed by atoms with van der Waals surface area (Å²) >= 11 is 0. The summed E-state index contributed by atoms with van der Waals surface area (Å²) in [6.07, 6.45) is -0.251. The lowest BCUT2D eigenvalue weighted by Crippen LogP contribution is -1.78. The fraction of sp³-hybridized carbons (Fsp3) is 0. The van der Waals surface area contributed by atoms with E-state index in [0.717, 1.165) is 0 Å². The van der Waals surface area contributed by atoms with E-state index in [1.54, 1.807) is 0 Å². The summed E-state index contributed by atoms with van der Waals surface area (Å²) < 4.78 is 24.3. The van der Waals surface area contributed by atoms with E-state index < -0.39 is 0 Å². The molecule has 1 aromatic carbocycles. The van der Waals surface area contributed by atoms with E-state index in [0.29, 0.717) is 5.56 Å². The first kappa shape index (κ1) is 5.88. The third kappa shape index (κ3) is 1.18. The average Bonchev–Trinajstić information content (AvgIpc) is 2.53. The molecule has 0 saturated carbocycles. The smallest absolute Gasteiger partial charge is 0.247 e. The summed E-state index contributed by atoms with van der Waals surface area (Å²) in [4.78, 5) is 0. The fourth-order valence-corrected chi connectivity index (χ4v) is 0.859. The van der Waals surface area contributed by atoms with Crippen molar-refractivity contribution >= 4 is 0 Å². The number of hydrogen-bond donors (Lipinski definition) is 0. The van der Waals surface area contributed by atoms with Crippen LogP contribution < -0.4 is 0 Å². The maximum absolute atomic E-state index is 12.5. The highest BCUT2D eigenvalue weighted by molar-refractivity contribution is 5.51. The molecule has 0 radical (unpaired) electrons. The molecule has 2 rings (SSSR count). The number of aromatic nitrogens is 2. The molecule has 0 saturated heterocycles. The lowest BCUT2D eigenvalue weighted by atomic mass is 10.2. The molecule has 1 aromatic heterocycles. The monoisotopic (exact) mass is 165 g/mol. The third-order valence-electron chi connectivity index (χ3n) is 1.42. The summed E-state index contributed by atoms with van der Waals surface area (Å²) in [5.74, 6) is -0.0978. The Labute approximate surface area is 69.3 Å². The normalized spacial score (nSPS) is 11.2. The molecule has 60 valence electrons. The molecule has 0 aliphatic carbocycles. The van der Waals surface area contributed by atoms with Crippen LogP contribution >= 0.6 is 0 Å². The molecule has 2 aromatic rings. The first-order chi connectivity index (χ1) is 6.25. The third-order valence-corrected chi connectivity index (χ3v) is 1.42. The standard InChI is InChI=1S/C8H5FN2O/c9-7-3-1-6(2-4-7)8-11-10-5-12-8/h1-5H/i5D. The van der Waals surface area contributed by atoms with E-state index in [1.807, 2.05) is 0 Å². The van der Waals surface area contributed by atoms with E-state index in [9.17, 15) is 4.39 Å². The van der Waals surface area contributed by atoms with Crippen molar-refractivity contribution in [1.29, 1.82) is 0 Å². The molecule has 0 fully saturated rings. The molecule has 1 heterocycles. The van der Waals surface area contributed by atoms with Gasteiger partial charge in [0.2, 0.25) is 12.3 Å². The molecule has 0 bridgehead atoms. The van der Waals surface area contributed by atoms with E-state index >= 15 is 0 Å². The van der Waals surface area contributed by atoms with E-state index in [4.69, 9.17) is 5.79 Å². The van der Waals surface area contributed by atoms with Crippen LogP contribution in [0.15, 0.2) is 35.1 Å². The number of nitrogens with zero attached hydrogens (tertiary/aromatic N) is 2. The fourth-order valence-electron chi connectivity index (χ4n) is 0.859. The van der Waals surface area contributed by atoms with Gasteiger partial charge in [0.05, 0.1) is 0 Å². The van der Waals surface area contributed by atoms with Gasteiger partial charge in [-0.25, -0.2) is 4.39 Å². The van der Waals surface area contributed by atoms with Crippen molar-refractivity contribution in [3.8, 4) is 11.5 Å². The van der Waals surface area contributed by atoms with Crippen molar-refractivity contribution < 1.29 is 10.2 Å². The molecule has 0 atom stereocenters. The zero-order chi connectivity index (χ0) is 9.26. The van der Waals surface area contributed by atoms with E-state index in [-0.39, 0.29) is 18.1 Å². The number of rotatable bonds is 1. The highest BCUT2D eigenvalue weighted by atomic mass is 19.1. The highest BCUT2D eigenvalue weighted by Gasteiger charge is 2.01. The quantitative estimate of drug-likeness (QED) is 0.647. The van der Waals surface area contributed by atoms with Crippen LogP contribution in [0.2, 0.25) is 0 Å². The van der Waals surface area contributed by atoms with E-state index in [2.05, 4.69) is 10.2 Å². The van der Waals surface area contributed by atoms with E-state index in [1.165, 1.54) is 24.3 Å². The molecular formula is C8H5FN2O. The van der Waals surface area contributed by atoms with Crippen molar-refractivity contribution in [3.63, 3.8) is 0 Å². The minimum Gasteiger partial charge on any atom is -0.423 e. The Kier molecular flexibility index (Phi) is 1.34. The first-order valence-corrected chi connectivity index (χ1v) is 3.32. The Hall–Kier alpha value is -1.71. The minimum atomic E-state index is -0.325. The molecule has 12 heavy (non-hydrogen) atoms. The zero-order valence-electron chi connectivity index (χ0n) is 6.99. The summed E-state index contributed by atoms with van der Waals surface area (Å²) in [7, 11) is 0.